The number of piperazine rings is 1. The van der Waals surface area contributed by atoms with Gasteiger partial charge >= 0.3 is 0 Å². The van der Waals surface area contributed by atoms with Crippen molar-refractivity contribution in [3.8, 4) is 0 Å². The van der Waals surface area contributed by atoms with Crippen molar-refractivity contribution in [3.05, 3.63) is 35.1 Å². The summed E-state index contributed by atoms with van der Waals surface area (Å²) in [5, 5.41) is 3.18. The summed E-state index contributed by atoms with van der Waals surface area (Å²) in [5.41, 5.74) is 1.29. The maximum Gasteiger partial charge on any atom is 0.240 e. The molecule has 0 saturated carbocycles. The third-order valence-corrected chi connectivity index (χ3v) is 3.50. The molecule has 0 unspecified atom stereocenters. The highest BCUT2D eigenvalue weighted by molar-refractivity contribution is 5.27. The van der Waals surface area contributed by atoms with Gasteiger partial charge in [0.15, 0.2) is 0 Å². The molecule has 0 aliphatic carbocycles. The van der Waals surface area contributed by atoms with Crippen LogP contribution in [0.15, 0.2) is 18.2 Å². The normalized spacial score (nSPS) is 18.8. The van der Waals surface area contributed by atoms with Crippen molar-refractivity contribution in [3.63, 3.8) is 0 Å². The van der Waals surface area contributed by atoms with Crippen molar-refractivity contribution >= 4 is 0 Å². The van der Waals surface area contributed by atoms with Crippen LogP contribution in [0.5, 0.6) is 0 Å². The van der Waals surface area contributed by atoms with Crippen LogP contribution < -0.4 is 5.32 Å². The van der Waals surface area contributed by atoms with Gasteiger partial charge in [0.2, 0.25) is 6.43 Å². The third-order valence-electron chi connectivity index (χ3n) is 3.50. The highest BCUT2D eigenvalue weighted by Gasteiger charge is 2.27. The van der Waals surface area contributed by atoms with E-state index in [0.29, 0.717) is 18.7 Å². The van der Waals surface area contributed by atoms with Gasteiger partial charge in [-0.15, -0.1) is 0 Å². The van der Waals surface area contributed by atoms with E-state index in [9.17, 15) is 13.2 Å². The molecule has 1 aliphatic heterocycles. The molecular formula is C14H19F3N2. The Balaban J connectivity index is 2.27. The molecule has 1 aliphatic rings. The lowest BCUT2D eigenvalue weighted by Gasteiger charge is -2.35. The van der Waals surface area contributed by atoms with Crippen molar-refractivity contribution in [1.82, 2.24) is 10.2 Å². The molecule has 2 rings (SSSR count). The summed E-state index contributed by atoms with van der Waals surface area (Å²) in [6, 6.07) is 4.17. The van der Waals surface area contributed by atoms with Crippen LogP contribution in [0.25, 0.3) is 0 Å². The minimum absolute atomic E-state index is 0.319. The predicted octanol–water partition coefficient (Wildman–Crippen LogP) is 2.74. The van der Waals surface area contributed by atoms with Crippen molar-refractivity contribution in [1.29, 1.82) is 0 Å². The first kappa shape index (κ1) is 14.3. The molecule has 1 aromatic carbocycles. The lowest BCUT2D eigenvalue weighted by atomic mass is 9.99. The Kier molecular flexibility index (Phi) is 4.82. The Bertz CT molecular complexity index is 417. The second-order valence-electron chi connectivity index (χ2n) is 4.95. The van der Waals surface area contributed by atoms with Gasteiger partial charge in [0, 0.05) is 44.2 Å². The third kappa shape index (κ3) is 3.70. The number of rotatable bonds is 4. The number of hydrogen-bond acceptors (Lipinski definition) is 2. The molecule has 1 aromatic rings. The number of halogens is 3. The first-order chi connectivity index (χ1) is 9.08. The van der Waals surface area contributed by atoms with Gasteiger partial charge in [0.1, 0.15) is 5.82 Å². The standard InChI is InChI=1S/C14H19F3N2/c1-10-2-3-12(15)11(8-10)13(9-14(16)17)19-6-4-18-5-7-19/h2-3,8,13-14,18H,4-7,9H2,1H3/t13-/m1/s1. The van der Waals surface area contributed by atoms with Crippen molar-refractivity contribution < 1.29 is 13.2 Å². The van der Waals surface area contributed by atoms with Gasteiger partial charge in [0.25, 0.3) is 0 Å². The number of nitrogens with zero attached hydrogens (tertiary/aromatic N) is 1. The molecule has 1 heterocycles. The Morgan fingerprint density at radius 2 is 1.95 bits per heavy atom. The smallest absolute Gasteiger partial charge is 0.240 e. The van der Waals surface area contributed by atoms with Gasteiger partial charge in [-0.25, -0.2) is 13.2 Å². The molecule has 1 saturated heterocycles. The lowest BCUT2D eigenvalue weighted by Crippen LogP contribution is -2.45. The van der Waals surface area contributed by atoms with Crippen LogP contribution in [0.2, 0.25) is 0 Å². The van der Waals surface area contributed by atoms with Crippen molar-refractivity contribution in [2.45, 2.75) is 25.8 Å². The van der Waals surface area contributed by atoms with E-state index in [0.717, 1.165) is 18.7 Å². The van der Waals surface area contributed by atoms with Crippen LogP contribution in [0.1, 0.15) is 23.6 Å². The van der Waals surface area contributed by atoms with Crippen molar-refractivity contribution in [2.75, 3.05) is 26.2 Å². The number of alkyl halides is 2. The summed E-state index contributed by atoms with van der Waals surface area (Å²) >= 11 is 0. The molecule has 0 aromatic heterocycles. The monoisotopic (exact) mass is 272 g/mol. The molecule has 106 valence electrons. The maximum atomic E-state index is 13.9. The summed E-state index contributed by atoms with van der Waals surface area (Å²) in [7, 11) is 0. The first-order valence-corrected chi connectivity index (χ1v) is 6.57. The first-order valence-electron chi connectivity index (χ1n) is 6.57. The van der Waals surface area contributed by atoms with E-state index >= 15 is 0 Å². The molecule has 19 heavy (non-hydrogen) atoms. The van der Waals surface area contributed by atoms with Crippen LogP contribution in [0.4, 0.5) is 13.2 Å². The van der Waals surface area contributed by atoms with Gasteiger partial charge in [-0.3, -0.25) is 4.90 Å². The highest BCUT2D eigenvalue weighted by Crippen LogP contribution is 2.30. The van der Waals surface area contributed by atoms with Crippen LogP contribution >= 0.6 is 0 Å². The van der Waals surface area contributed by atoms with E-state index in [1.165, 1.54) is 6.07 Å². The molecule has 1 fully saturated rings. The van der Waals surface area contributed by atoms with Gasteiger partial charge in [-0.2, -0.15) is 0 Å². The number of nitrogens with one attached hydrogen (secondary N) is 1. The molecule has 1 atom stereocenters. The zero-order chi connectivity index (χ0) is 13.8. The van der Waals surface area contributed by atoms with Crippen LogP contribution in [0.3, 0.4) is 0 Å². The van der Waals surface area contributed by atoms with E-state index in [1.54, 1.807) is 12.1 Å². The SMILES string of the molecule is Cc1ccc(F)c([C@@H](CC(F)F)N2CCNCC2)c1. The number of hydrogen-bond donors (Lipinski definition) is 1. The van der Waals surface area contributed by atoms with Gasteiger partial charge < -0.3 is 5.32 Å². The summed E-state index contributed by atoms with van der Waals surface area (Å²) in [6.45, 7) is 4.70. The van der Waals surface area contributed by atoms with E-state index in [-0.39, 0.29) is 6.42 Å². The topological polar surface area (TPSA) is 15.3 Å². The lowest BCUT2D eigenvalue weighted by molar-refractivity contribution is 0.0725. The Morgan fingerprint density at radius 3 is 2.58 bits per heavy atom. The molecule has 0 bridgehead atoms. The molecule has 0 amide bonds. The van der Waals surface area contributed by atoms with Crippen LogP contribution in [0, 0.1) is 12.7 Å². The molecule has 5 heteroatoms. The summed E-state index contributed by atoms with van der Waals surface area (Å²) in [5.74, 6) is -0.394. The van der Waals surface area contributed by atoms with Crippen LogP contribution in [-0.4, -0.2) is 37.5 Å². The molecule has 0 spiro atoms. The summed E-state index contributed by atoms with van der Waals surface area (Å²) in [6.07, 6.45) is -2.75. The van der Waals surface area contributed by atoms with Gasteiger partial charge in [-0.1, -0.05) is 17.7 Å². The minimum Gasteiger partial charge on any atom is -0.314 e. The average molecular weight is 272 g/mol. The van der Waals surface area contributed by atoms with E-state index < -0.39 is 18.3 Å². The Labute approximate surface area is 111 Å². The fraction of sp³-hybridized carbons (Fsp3) is 0.571. The fourth-order valence-electron chi connectivity index (χ4n) is 2.55. The highest BCUT2D eigenvalue weighted by atomic mass is 19.3. The zero-order valence-electron chi connectivity index (χ0n) is 11.0. The molecule has 1 N–H and O–H groups in total. The quantitative estimate of drug-likeness (QED) is 0.906. The maximum absolute atomic E-state index is 13.9. The molecule has 2 nitrogen and oxygen atoms in total. The van der Waals surface area contributed by atoms with Crippen LogP contribution in [-0.2, 0) is 0 Å². The fourth-order valence-corrected chi connectivity index (χ4v) is 2.55. The zero-order valence-corrected chi connectivity index (χ0v) is 11.0. The average Bonchev–Trinajstić information content (AvgIpc) is 2.40. The molecular weight excluding hydrogens is 253 g/mol. The largest absolute Gasteiger partial charge is 0.314 e. The Morgan fingerprint density at radius 1 is 1.26 bits per heavy atom. The number of benzene rings is 1. The second kappa shape index (κ2) is 6.39. The minimum atomic E-state index is -2.43. The Hall–Kier alpha value is -1.07. The van der Waals surface area contributed by atoms with E-state index in [4.69, 9.17) is 0 Å². The summed E-state index contributed by atoms with van der Waals surface area (Å²) < 4.78 is 39.5. The molecule has 0 radical (unpaired) electrons. The van der Waals surface area contributed by atoms with Crippen molar-refractivity contribution in [2.24, 2.45) is 0 Å². The second-order valence-corrected chi connectivity index (χ2v) is 4.95. The van der Waals surface area contributed by atoms with Gasteiger partial charge in [-0.05, 0) is 13.0 Å². The summed E-state index contributed by atoms with van der Waals surface area (Å²) in [4.78, 5) is 1.94. The van der Waals surface area contributed by atoms with E-state index in [2.05, 4.69) is 5.32 Å². The van der Waals surface area contributed by atoms with Gasteiger partial charge in [0.05, 0.1) is 0 Å². The van der Waals surface area contributed by atoms with E-state index in [1.807, 2.05) is 11.8 Å². The predicted molar refractivity (Wildman–Crippen MR) is 68.9 cm³/mol. The number of aryl methyl sites for hydroxylation is 1.